The van der Waals surface area contributed by atoms with E-state index in [0.717, 1.165) is 12.1 Å². The Balaban J connectivity index is 3.41. The van der Waals surface area contributed by atoms with Gasteiger partial charge in [-0.15, -0.1) is 0 Å². The van der Waals surface area contributed by atoms with Crippen LogP contribution in [0.2, 0.25) is 5.02 Å². The molecule has 0 bridgehead atoms. The van der Waals surface area contributed by atoms with Gasteiger partial charge in [0.2, 0.25) is 0 Å². The third kappa shape index (κ3) is 1.68. The molecule has 0 atom stereocenters. The first-order chi connectivity index (χ1) is 6.06. The molecule has 1 aromatic rings. The number of aromatic hydroxyl groups is 1. The van der Waals surface area contributed by atoms with Crippen LogP contribution in [0.25, 0.3) is 0 Å². The molecule has 0 aliphatic heterocycles. The number of nitro groups is 1. The number of halogens is 1. The highest BCUT2D eigenvalue weighted by Crippen LogP contribution is 2.31. The van der Waals surface area contributed by atoms with E-state index in [9.17, 15) is 10.1 Å². The van der Waals surface area contributed by atoms with E-state index in [0.29, 0.717) is 0 Å². The van der Waals surface area contributed by atoms with Crippen LogP contribution in [0.3, 0.4) is 0 Å². The van der Waals surface area contributed by atoms with Gasteiger partial charge in [-0.3, -0.25) is 10.1 Å². The fourth-order valence-electron chi connectivity index (χ4n) is 0.781. The number of non-ortho nitro benzene ring substituents is 1. The highest BCUT2D eigenvalue weighted by Gasteiger charge is 2.14. The van der Waals surface area contributed by atoms with Crippen molar-refractivity contribution in [1.82, 2.24) is 0 Å². The minimum absolute atomic E-state index is 0.117. The van der Waals surface area contributed by atoms with Crippen LogP contribution < -0.4 is 0 Å². The van der Waals surface area contributed by atoms with E-state index >= 15 is 0 Å². The fourth-order valence-corrected chi connectivity index (χ4v) is 0.932. The first-order valence-corrected chi connectivity index (χ1v) is 3.51. The van der Waals surface area contributed by atoms with Crippen LogP contribution in [0.15, 0.2) is 12.1 Å². The van der Waals surface area contributed by atoms with Crippen LogP contribution in [0, 0.1) is 21.4 Å². The molecule has 0 aliphatic rings. The molecule has 66 valence electrons. The first-order valence-electron chi connectivity index (χ1n) is 3.13. The summed E-state index contributed by atoms with van der Waals surface area (Å²) in [5.41, 5.74) is -0.480. The van der Waals surface area contributed by atoms with E-state index in [1.807, 2.05) is 0 Å². The molecular formula is C7H3ClN2O3. The van der Waals surface area contributed by atoms with Gasteiger partial charge in [-0.05, 0) is 0 Å². The van der Waals surface area contributed by atoms with Crippen LogP contribution in [-0.2, 0) is 0 Å². The zero-order chi connectivity index (χ0) is 10.0. The van der Waals surface area contributed by atoms with Crippen molar-refractivity contribution in [1.29, 1.82) is 5.26 Å². The Morgan fingerprint density at radius 1 is 1.62 bits per heavy atom. The fraction of sp³-hybridized carbons (Fsp3) is 0. The molecule has 0 spiro atoms. The van der Waals surface area contributed by atoms with Crippen molar-refractivity contribution in [2.75, 3.05) is 0 Å². The molecule has 5 nitrogen and oxygen atoms in total. The van der Waals surface area contributed by atoms with Crippen molar-refractivity contribution in [2.24, 2.45) is 0 Å². The van der Waals surface area contributed by atoms with E-state index < -0.39 is 10.7 Å². The monoisotopic (exact) mass is 198 g/mol. The first kappa shape index (κ1) is 9.29. The zero-order valence-corrected chi connectivity index (χ0v) is 6.95. The van der Waals surface area contributed by atoms with E-state index in [2.05, 4.69) is 0 Å². The summed E-state index contributed by atoms with van der Waals surface area (Å²) in [7, 11) is 0. The summed E-state index contributed by atoms with van der Waals surface area (Å²) in [4.78, 5) is 9.56. The number of phenols is 1. The molecule has 0 aromatic heterocycles. The number of hydrogen-bond donors (Lipinski definition) is 1. The second-order valence-electron chi connectivity index (χ2n) is 2.20. The zero-order valence-electron chi connectivity index (χ0n) is 6.19. The summed E-state index contributed by atoms with van der Waals surface area (Å²) in [5, 5.41) is 27.7. The molecule has 0 aliphatic carbocycles. The van der Waals surface area contributed by atoms with Crippen LogP contribution in [0.5, 0.6) is 5.75 Å². The Bertz CT molecular complexity index is 411. The van der Waals surface area contributed by atoms with Crippen molar-refractivity contribution < 1.29 is 10.0 Å². The quantitative estimate of drug-likeness (QED) is 0.551. The number of rotatable bonds is 1. The van der Waals surface area contributed by atoms with Crippen molar-refractivity contribution in [3.63, 3.8) is 0 Å². The minimum Gasteiger partial charge on any atom is -0.506 e. The molecule has 1 aromatic carbocycles. The lowest BCUT2D eigenvalue weighted by atomic mass is 10.2. The molecule has 0 amide bonds. The van der Waals surface area contributed by atoms with Gasteiger partial charge in [-0.2, -0.15) is 5.26 Å². The SMILES string of the molecule is N#Cc1cc([N+](=O)[O-])cc(O)c1Cl. The van der Waals surface area contributed by atoms with Gasteiger partial charge >= 0.3 is 0 Å². The number of nitrogens with zero attached hydrogens (tertiary/aromatic N) is 2. The number of hydrogen-bond acceptors (Lipinski definition) is 4. The Hall–Kier alpha value is -1.80. The lowest BCUT2D eigenvalue weighted by Crippen LogP contribution is -1.89. The highest BCUT2D eigenvalue weighted by molar-refractivity contribution is 6.33. The maximum absolute atomic E-state index is 10.3. The molecule has 0 fully saturated rings. The van der Waals surface area contributed by atoms with Crippen LogP contribution in [-0.4, -0.2) is 10.0 Å². The summed E-state index contributed by atoms with van der Waals surface area (Å²) in [5.74, 6) is -0.465. The van der Waals surface area contributed by atoms with Gasteiger partial charge in [0.05, 0.1) is 16.6 Å². The summed E-state index contributed by atoms with van der Waals surface area (Å²) in [6.45, 7) is 0. The van der Waals surface area contributed by atoms with Gasteiger partial charge in [0, 0.05) is 6.07 Å². The van der Waals surface area contributed by atoms with Gasteiger partial charge in [0.15, 0.2) is 0 Å². The number of phenolic OH excluding ortho intramolecular Hbond substituents is 1. The van der Waals surface area contributed by atoms with Gasteiger partial charge < -0.3 is 5.11 Å². The summed E-state index contributed by atoms with van der Waals surface area (Å²) in [6.07, 6.45) is 0. The normalized spacial score (nSPS) is 9.23. The smallest absolute Gasteiger partial charge is 0.274 e. The highest BCUT2D eigenvalue weighted by atomic mass is 35.5. The maximum Gasteiger partial charge on any atom is 0.274 e. The molecule has 1 rings (SSSR count). The molecule has 0 radical (unpaired) electrons. The average Bonchev–Trinajstić information content (AvgIpc) is 2.09. The average molecular weight is 199 g/mol. The number of nitriles is 1. The van der Waals surface area contributed by atoms with Crippen LogP contribution in [0.1, 0.15) is 5.56 Å². The van der Waals surface area contributed by atoms with E-state index in [4.69, 9.17) is 22.0 Å². The molecular weight excluding hydrogens is 196 g/mol. The predicted octanol–water partition coefficient (Wildman–Crippen LogP) is 1.83. The van der Waals surface area contributed by atoms with Gasteiger partial charge in [0.1, 0.15) is 16.8 Å². The van der Waals surface area contributed by atoms with Crippen LogP contribution >= 0.6 is 11.6 Å². The predicted molar refractivity (Wildman–Crippen MR) is 44.5 cm³/mol. The third-order valence-corrected chi connectivity index (χ3v) is 1.77. The summed E-state index contributed by atoms with van der Waals surface area (Å²) in [6, 6.07) is 3.53. The van der Waals surface area contributed by atoms with Gasteiger partial charge in [-0.25, -0.2) is 0 Å². The van der Waals surface area contributed by atoms with Crippen molar-refractivity contribution in [2.45, 2.75) is 0 Å². The van der Waals surface area contributed by atoms with Crippen LogP contribution in [0.4, 0.5) is 5.69 Å². The summed E-state index contributed by atoms with van der Waals surface area (Å²) >= 11 is 5.47. The molecule has 0 unspecified atom stereocenters. The Labute approximate surface area is 77.9 Å². The van der Waals surface area contributed by atoms with E-state index in [1.165, 1.54) is 0 Å². The van der Waals surface area contributed by atoms with E-state index in [-0.39, 0.29) is 16.3 Å². The molecule has 0 heterocycles. The van der Waals surface area contributed by atoms with Crippen molar-refractivity contribution in [3.8, 4) is 11.8 Å². The van der Waals surface area contributed by atoms with Gasteiger partial charge in [0.25, 0.3) is 5.69 Å². The second-order valence-corrected chi connectivity index (χ2v) is 2.57. The minimum atomic E-state index is -0.711. The molecule has 1 N–H and O–H groups in total. The number of nitro benzene ring substituents is 1. The molecule has 0 saturated carbocycles. The Kier molecular flexibility index (Phi) is 2.35. The second kappa shape index (κ2) is 3.29. The Morgan fingerprint density at radius 2 is 2.23 bits per heavy atom. The van der Waals surface area contributed by atoms with Crippen molar-refractivity contribution in [3.05, 3.63) is 32.8 Å². The van der Waals surface area contributed by atoms with E-state index in [1.54, 1.807) is 6.07 Å². The number of benzene rings is 1. The maximum atomic E-state index is 10.3. The topological polar surface area (TPSA) is 87.2 Å². The Morgan fingerprint density at radius 3 is 2.69 bits per heavy atom. The largest absolute Gasteiger partial charge is 0.506 e. The lowest BCUT2D eigenvalue weighted by molar-refractivity contribution is -0.384. The standard InChI is InChI=1S/C7H3ClN2O3/c8-7-4(3-9)1-5(10(12)13)2-6(7)11/h1-2,11H. The molecule has 13 heavy (non-hydrogen) atoms. The third-order valence-electron chi connectivity index (χ3n) is 1.37. The molecule has 6 heteroatoms. The summed E-state index contributed by atoms with van der Waals surface area (Å²) < 4.78 is 0. The van der Waals surface area contributed by atoms with Gasteiger partial charge in [-0.1, -0.05) is 11.6 Å². The van der Waals surface area contributed by atoms with Crippen molar-refractivity contribution >= 4 is 17.3 Å². The lowest BCUT2D eigenvalue weighted by Gasteiger charge is -1.98. The molecule has 0 saturated heterocycles.